The average Bonchev–Trinajstić information content (AvgIpc) is 3.37. The Morgan fingerprint density at radius 1 is 1.13 bits per heavy atom. The van der Waals surface area contributed by atoms with E-state index in [1.807, 2.05) is 30.3 Å². The number of carbonyl (C=O) groups is 3. The Balaban J connectivity index is 1.67. The number of ether oxygens (including phenoxy) is 1. The fourth-order valence-electron chi connectivity index (χ4n) is 4.49. The number of cyclic esters (lactones) is 1. The highest BCUT2D eigenvalue weighted by Gasteiger charge is 2.46. The molecule has 0 saturated carbocycles. The number of carboxylic acid groups (broad SMARTS) is 1. The number of nitrogens with zero attached hydrogens (tertiary/aromatic N) is 2. The van der Waals surface area contributed by atoms with Crippen molar-refractivity contribution >= 4 is 29.7 Å². The lowest BCUT2D eigenvalue weighted by Crippen LogP contribution is -2.49. The Morgan fingerprint density at radius 3 is 2.52 bits per heavy atom. The van der Waals surface area contributed by atoms with E-state index in [1.165, 1.54) is 9.80 Å². The summed E-state index contributed by atoms with van der Waals surface area (Å²) in [5.74, 6) is -1.26. The molecule has 4 rings (SSSR count). The molecule has 2 fully saturated rings. The van der Waals surface area contributed by atoms with Crippen LogP contribution >= 0.6 is 11.6 Å². The van der Waals surface area contributed by atoms with Crippen LogP contribution in [0.3, 0.4) is 0 Å². The molecule has 0 spiro atoms. The quantitative estimate of drug-likeness (QED) is 0.751. The van der Waals surface area contributed by atoms with Gasteiger partial charge >= 0.3 is 12.2 Å². The van der Waals surface area contributed by atoms with Gasteiger partial charge in [0.2, 0.25) is 5.91 Å². The second kappa shape index (κ2) is 8.98. The van der Waals surface area contributed by atoms with Crippen molar-refractivity contribution in [1.82, 2.24) is 9.80 Å². The molecule has 1 N–H and O–H groups in total. The fraction of sp³-hybridized carbons (Fsp3) is 0.348. The Kier molecular flexibility index (Phi) is 6.13. The van der Waals surface area contributed by atoms with E-state index in [0.29, 0.717) is 36.4 Å². The van der Waals surface area contributed by atoms with Crippen LogP contribution in [0.4, 0.5) is 9.59 Å². The van der Waals surface area contributed by atoms with E-state index in [1.54, 1.807) is 24.3 Å². The van der Waals surface area contributed by atoms with Gasteiger partial charge in [-0.3, -0.25) is 4.79 Å². The zero-order valence-electron chi connectivity index (χ0n) is 16.8. The second-order valence-corrected chi connectivity index (χ2v) is 8.28. The van der Waals surface area contributed by atoms with E-state index in [9.17, 15) is 19.5 Å². The van der Waals surface area contributed by atoms with Gasteiger partial charge in [0.1, 0.15) is 6.61 Å². The first-order chi connectivity index (χ1) is 15.0. The Morgan fingerprint density at radius 2 is 1.84 bits per heavy atom. The molecule has 2 saturated heterocycles. The molecule has 3 amide bonds. The molecule has 0 aromatic heterocycles. The molecule has 3 atom stereocenters. The zero-order valence-corrected chi connectivity index (χ0v) is 17.6. The standard InChI is InChI=1S/C23H23ClN2O5/c24-17-10-8-16(9-11-17)20(19-7-4-12-25(19)22(28)29)21(27)26-18(14-31-23(26)30)13-15-5-2-1-3-6-15/h1-3,5-6,8-11,18-20H,4,7,12-14H2,(H,28,29)/t18-,19?,20+/m1/s1. The molecule has 31 heavy (non-hydrogen) atoms. The lowest BCUT2D eigenvalue weighted by atomic mass is 9.88. The van der Waals surface area contributed by atoms with Gasteiger partial charge in [-0.05, 0) is 42.5 Å². The number of benzene rings is 2. The average molecular weight is 443 g/mol. The molecule has 2 aromatic carbocycles. The number of amides is 3. The summed E-state index contributed by atoms with van der Waals surface area (Å²) in [6.45, 7) is 0.468. The minimum atomic E-state index is -1.07. The molecule has 1 unspecified atom stereocenters. The van der Waals surface area contributed by atoms with Gasteiger partial charge in [-0.15, -0.1) is 0 Å². The maximum atomic E-state index is 13.8. The van der Waals surface area contributed by atoms with Crippen LogP contribution in [-0.4, -0.2) is 58.2 Å². The van der Waals surface area contributed by atoms with Crippen LogP contribution in [0.5, 0.6) is 0 Å². The normalized spacial score (nSPS) is 21.8. The first kappa shape index (κ1) is 21.2. The number of rotatable bonds is 5. The highest BCUT2D eigenvalue weighted by molar-refractivity contribution is 6.30. The fourth-order valence-corrected chi connectivity index (χ4v) is 4.62. The second-order valence-electron chi connectivity index (χ2n) is 7.84. The largest absolute Gasteiger partial charge is 0.465 e. The summed E-state index contributed by atoms with van der Waals surface area (Å²) in [5.41, 5.74) is 1.62. The Labute approximate surface area is 185 Å². The van der Waals surface area contributed by atoms with Gasteiger partial charge in [-0.25, -0.2) is 14.5 Å². The molecule has 162 valence electrons. The first-order valence-corrected chi connectivity index (χ1v) is 10.6. The smallest absolute Gasteiger partial charge is 0.417 e. The van der Waals surface area contributed by atoms with Crippen molar-refractivity contribution in [2.75, 3.05) is 13.2 Å². The SMILES string of the molecule is O=C(O)N1CCCC1[C@@H](C(=O)N1C(=O)OC[C@H]1Cc1ccccc1)c1ccc(Cl)cc1. The third kappa shape index (κ3) is 4.37. The molecule has 0 aliphatic carbocycles. The van der Waals surface area contributed by atoms with Crippen LogP contribution in [0, 0.1) is 0 Å². The number of imide groups is 1. The predicted octanol–water partition coefficient (Wildman–Crippen LogP) is 4.16. The van der Waals surface area contributed by atoms with Crippen LogP contribution < -0.4 is 0 Å². The summed E-state index contributed by atoms with van der Waals surface area (Å²) in [7, 11) is 0. The zero-order chi connectivity index (χ0) is 22.0. The van der Waals surface area contributed by atoms with E-state index in [4.69, 9.17) is 16.3 Å². The van der Waals surface area contributed by atoms with Crippen molar-refractivity contribution in [1.29, 1.82) is 0 Å². The number of likely N-dealkylation sites (tertiary alicyclic amines) is 1. The van der Waals surface area contributed by atoms with Gasteiger partial charge in [-0.1, -0.05) is 54.1 Å². The van der Waals surface area contributed by atoms with Crippen LogP contribution in [-0.2, 0) is 16.0 Å². The van der Waals surface area contributed by atoms with Crippen LogP contribution in [0.25, 0.3) is 0 Å². The third-order valence-electron chi connectivity index (χ3n) is 5.94. The molecule has 8 heteroatoms. The van der Waals surface area contributed by atoms with Gasteiger partial charge in [0.05, 0.1) is 18.0 Å². The summed E-state index contributed by atoms with van der Waals surface area (Å²) < 4.78 is 5.23. The monoisotopic (exact) mass is 442 g/mol. The molecule has 2 heterocycles. The first-order valence-electron chi connectivity index (χ1n) is 10.2. The summed E-state index contributed by atoms with van der Waals surface area (Å²) in [6, 6.07) is 15.3. The molecule has 2 aromatic rings. The van der Waals surface area contributed by atoms with Crippen LogP contribution in [0.2, 0.25) is 5.02 Å². The van der Waals surface area contributed by atoms with Crippen LogP contribution in [0.15, 0.2) is 54.6 Å². The molecular formula is C23H23ClN2O5. The van der Waals surface area contributed by atoms with E-state index in [-0.39, 0.29) is 6.61 Å². The molecule has 7 nitrogen and oxygen atoms in total. The van der Waals surface area contributed by atoms with Gasteiger partial charge in [0.25, 0.3) is 0 Å². The van der Waals surface area contributed by atoms with Crippen molar-refractivity contribution in [3.05, 3.63) is 70.7 Å². The van der Waals surface area contributed by atoms with Crippen LogP contribution in [0.1, 0.15) is 29.9 Å². The Bertz CT molecular complexity index is 966. The number of carbonyl (C=O) groups excluding carboxylic acids is 2. The molecule has 0 radical (unpaired) electrons. The maximum absolute atomic E-state index is 13.8. The Hall–Kier alpha value is -3.06. The van der Waals surface area contributed by atoms with Gasteiger partial charge in [0.15, 0.2) is 0 Å². The van der Waals surface area contributed by atoms with Crippen molar-refractivity contribution < 1.29 is 24.2 Å². The summed E-state index contributed by atoms with van der Waals surface area (Å²) in [5, 5.41) is 10.2. The lowest BCUT2D eigenvalue weighted by molar-refractivity contribution is -0.132. The summed E-state index contributed by atoms with van der Waals surface area (Å²) in [6.07, 6.45) is -0.0909. The lowest BCUT2D eigenvalue weighted by Gasteiger charge is -2.32. The number of hydrogen-bond donors (Lipinski definition) is 1. The molecule has 2 aliphatic heterocycles. The van der Waals surface area contributed by atoms with Crippen molar-refractivity contribution in [3.8, 4) is 0 Å². The highest BCUT2D eigenvalue weighted by atomic mass is 35.5. The predicted molar refractivity (Wildman–Crippen MR) is 114 cm³/mol. The van der Waals surface area contributed by atoms with E-state index in [2.05, 4.69) is 0 Å². The number of halogens is 1. The highest BCUT2D eigenvalue weighted by Crippen LogP contribution is 2.35. The van der Waals surface area contributed by atoms with Crippen molar-refractivity contribution in [3.63, 3.8) is 0 Å². The van der Waals surface area contributed by atoms with Crippen molar-refractivity contribution in [2.45, 2.75) is 37.3 Å². The van der Waals surface area contributed by atoms with E-state index < -0.39 is 36.1 Å². The minimum absolute atomic E-state index is 0.111. The molecule has 2 aliphatic rings. The number of hydrogen-bond acceptors (Lipinski definition) is 4. The molecule has 0 bridgehead atoms. The topological polar surface area (TPSA) is 87.2 Å². The summed E-state index contributed by atoms with van der Waals surface area (Å²) >= 11 is 6.02. The van der Waals surface area contributed by atoms with Gasteiger partial charge in [-0.2, -0.15) is 0 Å². The van der Waals surface area contributed by atoms with Crippen molar-refractivity contribution in [2.24, 2.45) is 0 Å². The summed E-state index contributed by atoms with van der Waals surface area (Å²) in [4.78, 5) is 40.6. The maximum Gasteiger partial charge on any atom is 0.417 e. The third-order valence-corrected chi connectivity index (χ3v) is 6.19. The van der Waals surface area contributed by atoms with Gasteiger partial charge in [0, 0.05) is 11.6 Å². The van der Waals surface area contributed by atoms with Gasteiger partial charge < -0.3 is 14.7 Å². The van der Waals surface area contributed by atoms with E-state index >= 15 is 0 Å². The molecular weight excluding hydrogens is 420 g/mol. The minimum Gasteiger partial charge on any atom is -0.465 e. The van der Waals surface area contributed by atoms with E-state index in [0.717, 1.165) is 5.56 Å².